The number of hydrogen-bond acceptors (Lipinski definition) is 7. The van der Waals surface area contributed by atoms with Crippen molar-refractivity contribution in [2.75, 3.05) is 18.5 Å². The van der Waals surface area contributed by atoms with Gasteiger partial charge in [0.2, 0.25) is 5.91 Å². The van der Waals surface area contributed by atoms with E-state index in [2.05, 4.69) is 38.9 Å². The maximum Gasteiger partial charge on any atom is 0.247 e. The zero-order valence-corrected chi connectivity index (χ0v) is 17.7. The Morgan fingerprint density at radius 1 is 1.42 bits per heavy atom. The first-order chi connectivity index (χ1) is 15.1. The van der Waals surface area contributed by atoms with Gasteiger partial charge < -0.3 is 31.7 Å². The highest BCUT2D eigenvalue weighted by atomic mass is 16.5. The predicted molar refractivity (Wildman–Crippen MR) is 124 cm³/mol. The molecule has 8 heteroatoms. The van der Waals surface area contributed by atoms with E-state index in [4.69, 9.17) is 10.5 Å². The Morgan fingerprint density at radius 2 is 2.29 bits per heavy atom. The molecule has 0 fully saturated rings. The van der Waals surface area contributed by atoms with Crippen molar-refractivity contribution < 1.29 is 9.53 Å². The maximum absolute atomic E-state index is 11.6. The van der Waals surface area contributed by atoms with Gasteiger partial charge in [-0.25, -0.2) is 4.99 Å². The van der Waals surface area contributed by atoms with Crippen LogP contribution in [0.4, 0.5) is 5.69 Å². The van der Waals surface area contributed by atoms with Crippen molar-refractivity contribution in [1.29, 1.82) is 0 Å². The third-order valence-electron chi connectivity index (χ3n) is 4.73. The third-order valence-corrected chi connectivity index (χ3v) is 4.73. The van der Waals surface area contributed by atoms with Crippen LogP contribution in [0.15, 0.2) is 77.2 Å². The molecule has 1 aliphatic heterocycles. The van der Waals surface area contributed by atoms with Crippen LogP contribution in [0.1, 0.15) is 19.8 Å². The summed E-state index contributed by atoms with van der Waals surface area (Å²) in [6.45, 7) is 6.68. The normalized spacial score (nSPS) is 19.9. The topological polar surface area (TPSA) is 113 Å². The van der Waals surface area contributed by atoms with Crippen LogP contribution in [-0.4, -0.2) is 37.6 Å². The van der Waals surface area contributed by atoms with Crippen LogP contribution in [0.5, 0.6) is 5.75 Å². The summed E-state index contributed by atoms with van der Waals surface area (Å²) >= 11 is 0. The number of nitrogens with two attached hydrogens (primary N) is 1. The van der Waals surface area contributed by atoms with Crippen molar-refractivity contribution in [2.24, 2.45) is 10.7 Å². The molecule has 1 amide bonds. The van der Waals surface area contributed by atoms with Gasteiger partial charge in [-0.15, -0.1) is 0 Å². The van der Waals surface area contributed by atoms with Crippen LogP contribution >= 0.6 is 0 Å². The Morgan fingerprint density at radius 3 is 3.10 bits per heavy atom. The fraction of sp³-hybridized carbons (Fsp3) is 0.304. The molecule has 0 spiro atoms. The molecule has 31 heavy (non-hydrogen) atoms. The van der Waals surface area contributed by atoms with Crippen molar-refractivity contribution in [2.45, 2.75) is 32.1 Å². The molecule has 1 aromatic rings. The first-order valence-corrected chi connectivity index (χ1v) is 10.3. The number of benzene rings is 1. The number of anilines is 1. The minimum atomic E-state index is -0.325. The van der Waals surface area contributed by atoms with Crippen LogP contribution < -0.4 is 31.7 Å². The predicted octanol–water partition coefficient (Wildman–Crippen LogP) is 2.12. The number of carbonyl (C=O) groups is 1. The lowest BCUT2D eigenvalue weighted by Gasteiger charge is -2.29. The number of nitrogens with one attached hydrogen (secondary N) is 4. The summed E-state index contributed by atoms with van der Waals surface area (Å²) in [4.78, 5) is 16.1. The van der Waals surface area contributed by atoms with Gasteiger partial charge in [-0.3, -0.25) is 4.79 Å². The minimum Gasteiger partial charge on any atom is -0.493 e. The van der Waals surface area contributed by atoms with E-state index in [1.807, 2.05) is 49.6 Å². The first kappa shape index (κ1) is 22.2. The highest BCUT2D eigenvalue weighted by Gasteiger charge is 2.19. The minimum absolute atomic E-state index is 0.0361. The maximum atomic E-state index is 11.6. The Balaban J connectivity index is 1.56. The van der Waals surface area contributed by atoms with Crippen molar-refractivity contribution in [3.63, 3.8) is 0 Å². The fourth-order valence-corrected chi connectivity index (χ4v) is 3.14. The van der Waals surface area contributed by atoms with Crippen LogP contribution in [-0.2, 0) is 4.79 Å². The molecule has 0 radical (unpaired) electrons. The summed E-state index contributed by atoms with van der Waals surface area (Å²) in [6, 6.07) is 7.80. The Labute approximate surface area is 183 Å². The number of aliphatic imine (C=N–C) groups is 1. The summed E-state index contributed by atoms with van der Waals surface area (Å²) in [5.74, 6) is 1.46. The Kier molecular flexibility index (Phi) is 7.89. The zero-order chi connectivity index (χ0) is 22.1. The van der Waals surface area contributed by atoms with Gasteiger partial charge in [-0.1, -0.05) is 24.8 Å². The van der Waals surface area contributed by atoms with E-state index in [9.17, 15) is 4.79 Å². The fourth-order valence-electron chi connectivity index (χ4n) is 3.14. The van der Waals surface area contributed by atoms with Gasteiger partial charge in [0.25, 0.3) is 0 Å². The van der Waals surface area contributed by atoms with Crippen molar-refractivity contribution >= 4 is 17.8 Å². The molecule has 1 aromatic carbocycles. The molecular formula is C23H30N6O2. The zero-order valence-electron chi connectivity index (χ0n) is 17.7. The molecule has 2 aliphatic rings. The number of allylic oxidation sites excluding steroid dienone is 3. The van der Waals surface area contributed by atoms with E-state index >= 15 is 0 Å². The van der Waals surface area contributed by atoms with E-state index in [1.54, 1.807) is 0 Å². The first-order valence-electron chi connectivity index (χ1n) is 10.3. The molecule has 164 valence electrons. The molecule has 2 atom stereocenters. The van der Waals surface area contributed by atoms with Gasteiger partial charge in [0.15, 0.2) is 6.29 Å². The number of carbonyl (C=O) groups excluding carboxylic acids is 1. The quantitative estimate of drug-likeness (QED) is 0.292. The Bertz CT molecular complexity index is 918. The number of hydrogen-bond donors (Lipinski definition) is 5. The molecule has 8 nitrogen and oxygen atoms in total. The highest BCUT2D eigenvalue weighted by molar-refractivity contribution is 5.88. The molecule has 2 unspecified atom stereocenters. The molecule has 6 N–H and O–H groups in total. The average molecular weight is 423 g/mol. The van der Waals surface area contributed by atoms with Crippen LogP contribution in [0, 0.1) is 0 Å². The van der Waals surface area contributed by atoms with Gasteiger partial charge in [0, 0.05) is 35.7 Å². The van der Waals surface area contributed by atoms with Gasteiger partial charge in [0.1, 0.15) is 11.6 Å². The number of nitrogens with zero attached hydrogens (tertiary/aromatic N) is 1. The second kappa shape index (κ2) is 11.0. The van der Waals surface area contributed by atoms with E-state index < -0.39 is 0 Å². The van der Waals surface area contributed by atoms with Crippen LogP contribution in [0.2, 0.25) is 0 Å². The van der Waals surface area contributed by atoms with E-state index in [0.717, 1.165) is 34.9 Å². The summed E-state index contributed by atoms with van der Waals surface area (Å²) in [6.07, 6.45) is 10.1. The lowest BCUT2D eigenvalue weighted by Crippen LogP contribution is -2.45. The van der Waals surface area contributed by atoms with Gasteiger partial charge >= 0.3 is 0 Å². The lowest BCUT2D eigenvalue weighted by atomic mass is 10.1. The smallest absolute Gasteiger partial charge is 0.247 e. The van der Waals surface area contributed by atoms with Gasteiger partial charge in [0.05, 0.1) is 12.6 Å². The third kappa shape index (κ3) is 6.75. The van der Waals surface area contributed by atoms with Gasteiger partial charge in [-0.2, -0.15) is 0 Å². The molecule has 1 aliphatic carbocycles. The van der Waals surface area contributed by atoms with Crippen LogP contribution in [0.25, 0.3) is 0 Å². The van der Waals surface area contributed by atoms with Crippen molar-refractivity contribution in [3.8, 4) is 5.75 Å². The average Bonchev–Trinajstić information content (AvgIpc) is 2.77. The van der Waals surface area contributed by atoms with Crippen LogP contribution in [0.3, 0.4) is 0 Å². The molecule has 3 rings (SSSR count). The Hall–Kier alpha value is -3.52. The second-order valence-corrected chi connectivity index (χ2v) is 7.27. The molecule has 0 aromatic heterocycles. The summed E-state index contributed by atoms with van der Waals surface area (Å²) in [5.41, 5.74) is 8.25. The monoisotopic (exact) mass is 422 g/mol. The molecular weight excluding hydrogens is 392 g/mol. The number of ether oxygens (including phenoxy) is 1. The molecule has 0 saturated carbocycles. The molecule has 0 bridgehead atoms. The van der Waals surface area contributed by atoms with E-state index in [0.29, 0.717) is 19.6 Å². The standard InChI is InChI=1S/C23H30N6O2/c1-3-21(30)26-17-7-4-8-18(13-17)27-22-16(2)15-25-23(29-22)28-19-9-5-10-20(14-19)31-12-6-11-24/h3-5,7-10,14-15,18,23,27-29H,1,6,11-13,24H2,2H3,(H,26,30). The van der Waals surface area contributed by atoms with Gasteiger partial charge in [-0.05, 0) is 44.2 Å². The van der Waals surface area contributed by atoms with E-state index in [-0.39, 0.29) is 18.2 Å². The summed E-state index contributed by atoms with van der Waals surface area (Å²) in [7, 11) is 0. The van der Waals surface area contributed by atoms with Crippen molar-refractivity contribution in [1.82, 2.24) is 16.0 Å². The summed E-state index contributed by atoms with van der Waals surface area (Å²) in [5, 5.41) is 13.1. The second-order valence-electron chi connectivity index (χ2n) is 7.27. The molecule has 0 saturated heterocycles. The number of rotatable bonds is 10. The van der Waals surface area contributed by atoms with Crippen molar-refractivity contribution in [3.05, 3.63) is 72.2 Å². The summed E-state index contributed by atoms with van der Waals surface area (Å²) < 4.78 is 5.71. The highest BCUT2D eigenvalue weighted by Crippen LogP contribution is 2.19. The largest absolute Gasteiger partial charge is 0.493 e. The molecule has 1 heterocycles. The van der Waals surface area contributed by atoms with E-state index in [1.165, 1.54) is 6.08 Å². The lowest BCUT2D eigenvalue weighted by molar-refractivity contribution is -0.115. The number of amides is 1. The SMILES string of the molecule is C=CC(=O)NC1=CC=CC(NC2=C(C)C=NC(Nc3cccc(OCCCN)c3)N2)C1.